The van der Waals surface area contributed by atoms with Crippen LogP contribution in [-0.4, -0.2) is 19.1 Å². The lowest BCUT2D eigenvalue weighted by Gasteiger charge is -2.16. The molecule has 2 nitrogen and oxygen atoms in total. The minimum Gasteiger partial charge on any atom is -0.478 e. The number of rotatable bonds is 4. The molecule has 0 saturated carbocycles. The van der Waals surface area contributed by atoms with Gasteiger partial charge in [0.2, 0.25) is 0 Å². The van der Waals surface area contributed by atoms with Crippen LogP contribution in [0.3, 0.4) is 0 Å². The molecule has 0 spiro atoms. The Labute approximate surface area is 126 Å². The molecule has 21 heavy (non-hydrogen) atoms. The Kier molecular flexibility index (Phi) is 4.43. The Morgan fingerprint density at radius 1 is 0.952 bits per heavy atom. The minimum absolute atomic E-state index is 0.313. The summed E-state index contributed by atoms with van der Waals surface area (Å²) in [5.74, 6) is -0.895. The third kappa shape index (κ3) is 4.16. The monoisotopic (exact) mass is 296 g/mol. The first kappa shape index (κ1) is 15.3. The maximum absolute atomic E-state index is 10.8. The maximum atomic E-state index is 10.8. The topological polar surface area (TPSA) is 37.3 Å². The molecule has 0 bridgehead atoms. The average Bonchev–Trinajstić information content (AvgIpc) is 2.45. The van der Waals surface area contributed by atoms with Gasteiger partial charge in [-0.15, -0.1) is 0 Å². The van der Waals surface area contributed by atoms with E-state index in [1.807, 2.05) is 18.2 Å². The van der Waals surface area contributed by atoms with Crippen molar-refractivity contribution in [3.8, 4) is 0 Å². The van der Waals surface area contributed by atoms with E-state index in [-0.39, 0.29) is 0 Å². The van der Waals surface area contributed by atoms with Crippen molar-refractivity contribution in [3.63, 3.8) is 0 Å². The van der Waals surface area contributed by atoms with Crippen LogP contribution in [0.5, 0.6) is 0 Å². The zero-order valence-electron chi connectivity index (χ0n) is 12.6. The molecule has 1 N–H and O–H groups in total. The predicted octanol–water partition coefficient (Wildman–Crippen LogP) is 4.10. The Hall–Kier alpha value is -2.13. The minimum atomic E-state index is -1.29. The van der Waals surface area contributed by atoms with Gasteiger partial charge in [-0.1, -0.05) is 73.4 Å². The third-order valence-electron chi connectivity index (χ3n) is 3.38. The largest absolute Gasteiger partial charge is 0.478 e. The van der Waals surface area contributed by atoms with Gasteiger partial charge in [-0.05, 0) is 23.3 Å². The van der Waals surface area contributed by atoms with E-state index in [0.29, 0.717) is 5.56 Å². The van der Waals surface area contributed by atoms with Crippen molar-refractivity contribution < 1.29 is 9.90 Å². The van der Waals surface area contributed by atoms with Gasteiger partial charge in [0.1, 0.15) is 0 Å². The van der Waals surface area contributed by atoms with Crippen molar-refractivity contribution in [3.05, 3.63) is 65.2 Å². The number of aromatic carboxylic acids is 1. The maximum Gasteiger partial charge on any atom is 0.335 e. The molecule has 0 atom stereocenters. The molecule has 0 aliphatic heterocycles. The summed E-state index contributed by atoms with van der Waals surface area (Å²) in [5.41, 5.74) is 2.49. The molecule has 0 radical (unpaired) electrons. The molecule has 2 rings (SSSR count). The Bertz CT molecular complexity index is 664. The van der Waals surface area contributed by atoms with E-state index >= 15 is 0 Å². The van der Waals surface area contributed by atoms with Crippen LogP contribution in [0.4, 0.5) is 0 Å². The summed E-state index contributed by atoms with van der Waals surface area (Å²) < 4.78 is 0. The molecule has 0 aliphatic carbocycles. The van der Waals surface area contributed by atoms with Gasteiger partial charge in [0, 0.05) is 0 Å². The van der Waals surface area contributed by atoms with E-state index in [0.717, 1.165) is 5.56 Å². The van der Waals surface area contributed by atoms with Gasteiger partial charge in [-0.25, -0.2) is 4.79 Å². The van der Waals surface area contributed by atoms with Crippen molar-refractivity contribution in [2.24, 2.45) is 0 Å². The summed E-state index contributed by atoms with van der Waals surface area (Å²) in [5, 5.41) is 10.3. The van der Waals surface area contributed by atoms with Crippen LogP contribution in [0.1, 0.15) is 21.5 Å². The third-order valence-corrected chi connectivity index (χ3v) is 5.42. The quantitative estimate of drug-likeness (QED) is 0.681. The summed E-state index contributed by atoms with van der Waals surface area (Å²) in [6, 6.07) is 15.5. The molecule has 2 aromatic carbocycles. The number of carbonyl (C=O) groups is 1. The van der Waals surface area contributed by atoms with Crippen molar-refractivity contribution >= 4 is 31.4 Å². The fraction of sp³-hybridized carbons (Fsp3) is 0.167. The Morgan fingerprint density at radius 2 is 1.57 bits per heavy atom. The highest BCUT2D eigenvalue weighted by Gasteiger charge is 2.15. The Morgan fingerprint density at radius 3 is 2.14 bits per heavy atom. The van der Waals surface area contributed by atoms with E-state index in [1.165, 1.54) is 10.8 Å². The molecule has 0 fully saturated rings. The summed E-state index contributed by atoms with van der Waals surface area (Å²) in [4.78, 5) is 10.8. The fourth-order valence-electron chi connectivity index (χ4n) is 2.04. The molecule has 0 heterocycles. The molecule has 108 valence electrons. The number of carboxylic acid groups (broad SMARTS) is 1. The fourth-order valence-corrected chi connectivity index (χ4v) is 3.23. The van der Waals surface area contributed by atoms with E-state index in [1.54, 1.807) is 12.1 Å². The number of hydrogen-bond acceptors (Lipinski definition) is 1. The lowest BCUT2D eigenvalue weighted by Crippen LogP contribution is -2.37. The van der Waals surface area contributed by atoms with Gasteiger partial charge in [0.05, 0.1) is 13.6 Å². The van der Waals surface area contributed by atoms with Crippen LogP contribution in [-0.2, 0) is 0 Å². The van der Waals surface area contributed by atoms with Gasteiger partial charge in [0.15, 0.2) is 0 Å². The SMILES string of the molecule is C[Si](C)(C)c1cccc(/C=C/c2ccc(C(=O)O)cc2)c1. The summed E-state index contributed by atoms with van der Waals surface area (Å²) in [6.07, 6.45) is 4.08. The van der Waals surface area contributed by atoms with Crippen LogP contribution in [0.15, 0.2) is 48.5 Å². The number of carboxylic acids is 1. The zero-order valence-corrected chi connectivity index (χ0v) is 13.6. The van der Waals surface area contributed by atoms with Crippen LogP contribution >= 0.6 is 0 Å². The number of hydrogen-bond donors (Lipinski definition) is 1. The highest BCUT2D eigenvalue weighted by molar-refractivity contribution is 6.88. The van der Waals surface area contributed by atoms with Gasteiger partial charge >= 0.3 is 5.97 Å². The molecular weight excluding hydrogens is 276 g/mol. The van der Waals surface area contributed by atoms with Gasteiger partial charge in [0.25, 0.3) is 0 Å². The molecule has 0 saturated heterocycles. The molecule has 2 aromatic rings. The van der Waals surface area contributed by atoms with Gasteiger partial charge in [-0.2, -0.15) is 0 Å². The molecule has 0 amide bonds. The second kappa shape index (κ2) is 6.10. The first-order valence-corrected chi connectivity index (χ1v) is 10.5. The van der Waals surface area contributed by atoms with E-state index < -0.39 is 14.0 Å². The smallest absolute Gasteiger partial charge is 0.335 e. The van der Waals surface area contributed by atoms with Crippen LogP contribution in [0.25, 0.3) is 12.2 Å². The molecule has 0 aliphatic rings. The van der Waals surface area contributed by atoms with Crippen LogP contribution < -0.4 is 5.19 Å². The van der Waals surface area contributed by atoms with Crippen LogP contribution in [0.2, 0.25) is 19.6 Å². The van der Waals surface area contributed by atoms with Crippen molar-refractivity contribution in [1.29, 1.82) is 0 Å². The molecule has 3 heteroatoms. The normalized spacial score (nSPS) is 11.8. The van der Waals surface area contributed by atoms with Crippen molar-refractivity contribution in [1.82, 2.24) is 0 Å². The second-order valence-corrected chi connectivity index (χ2v) is 11.2. The molecular formula is C18H20O2Si. The van der Waals surface area contributed by atoms with Crippen LogP contribution in [0, 0.1) is 0 Å². The van der Waals surface area contributed by atoms with E-state index in [2.05, 4.69) is 50.0 Å². The highest BCUT2D eigenvalue weighted by atomic mass is 28.3. The highest BCUT2D eigenvalue weighted by Crippen LogP contribution is 2.11. The second-order valence-electron chi connectivity index (χ2n) is 6.14. The first-order chi connectivity index (χ1) is 9.86. The summed E-state index contributed by atoms with van der Waals surface area (Å²) in [6.45, 7) is 7.00. The van der Waals surface area contributed by atoms with Crippen molar-refractivity contribution in [2.75, 3.05) is 0 Å². The lowest BCUT2D eigenvalue weighted by atomic mass is 10.1. The lowest BCUT2D eigenvalue weighted by molar-refractivity contribution is 0.0697. The molecule has 0 aromatic heterocycles. The summed E-state index contributed by atoms with van der Waals surface area (Å²) in [7, 11) is -1.29. The van der Waals surface area contributed by atoms with Crippen molar-refractivity contribution in [2.45, 2.75) is 19.6 Å². The van der Waals surface area contributed by atoms with E-state index in [9.17, 15) is 4.79 Å². The predicted molar refractivity (Wildman–Crippen MR) is 91.8 cm³/mol. The molecule has 0 unspecified atom stereocenters. The standard InChI is InChI=1S/C18H20O2Si/c1-21(2,3)17-6-4-5-15(13-17)8-7-14-9-11-16(12-10-14)18(19)20/h4-13H,1-3H3,(H,19,20)/b8-7+. The first-order valence-electron chi connectivity index (χ1n) is 6.98. The zero-order chi connectivity index (χ0) is 15.5. The number of benzene rings is 2. The van der Waals surface area contributed by atoms with Gasteiger partial charge in [-0.3, -0.25) is 0 Å². The summed E-state index contributed by atoms with van der Waals surface area (Å²) >= 11 is 0. The van der Waals surface area contributed by atoms with Gasteiger partial charge < -0.3 is 5.11 Å². The average molecular weight is 296 g/mol. The van der Waals surface area contributed by atoms with E-state index in [4.69, 9.17) is 5.11 Å². The Balaban J connectivity index is 2.19.